The van der Waals surface area contributed by atoms with Gasteiger partial charge in [-0.05, 0) is 23.8 Å². The molecule has 0 aliphatic heterocycles. The first-order valence-corrected chi connectivity index (χ1v) is 9.56. The fraction of sp³-hybridized carbons (Fsp3) is 0.136. The maximum Gasteiger partial charge on any atom is 0.387 e. The lowest BCUT2D eigenvalue weighted by Gasteiger charge is -2.24. The third kappa shape index (κ3) is 5.69. The van der Waals surface area contributed by atoms with E-state index in [1.54, 1.807) is 30.3 Å². The lowest BCUT2D eigenvalue weighted by atomic mass is 10.1. The number of benzene rings is 2. The Hall–Kier alpha value is -3.74. The number of ether oxygens (including phenoxy) is 1. The molecule has 164 valence electrons. The van der Waals surface area contributed by atoms with Crippen LogP contribution in [0.4, 0.5) is 14.7 Å². The molecule has 1 aromatic heterocycles. The normalized spacial score (nSPS) is 11.4. The molecule has 0 saturated heterocycles. The van der Waals surface area contributed by atoms with E-state index in [0.717, 1.165) is 4.42 Å². The van der Waals surface area contributed by atoms with Gasteiger partial charge in [-0.2, -0.15) is 8.78 Å². The van der Waals surface area contributed by atoms with Crippen molar-refractivity contribution in [2.45, 2.75) is 12.7 Å². The zero-order chi connectivity index (χ0) is 23.1. The lowest BCUT2D eigenvalue weighted by Crippen LogP contribution is -2.29. The number of halogens is 3. The molecule has 1 heterocycles. The predicted octanol–water partition coefficient (Wildman–Crippen LogP) is 3.39. The van der Waals surface area contributed by atoms with Crippen molar-refractivity contribution in [1.82, 2.24) is 14.4 Å². The summed E-state index contributed by atoms with van der Waals surface area (Å²) >= 11 is 6.24. The SMILES string of the molecule is Nc1ncc(C#Cc2cc(C(=O)N(Cl)[C@H](CO)c3ccccc3)ccc2OC(F)F)cn1. The van der Waals surface area contributed by atoms with E-state index >= 15 is 0 Å². The number of nitrogens with two attached hydrogens (primary N) is 1. The quantitative estimate of drug-likeness (QED) is 0.433. The van der Waals surface area contributed by atoms with E-state index < -0.39 is 25.2 Å². The van der Waals surface area contributed by atoms with Crippen LogP contribution in [0, 0.1) is 11.8 Å². The van der Waals surface area contributed by atoms with Crippen molar-refractivity contribution in [3.05, 3.63) is 83.2 Å². The third-order valence-electron chi connectivity index (χ3n) is 4.28. The summed E-state index contributed by atoms with van der Waals surface area (Å²) in [5, 5.41) is 9.75. The first-order chi connectivity index (χ1) is 15.4. The zero-order valence-corrected chi connectivity index (χ0v) is 17.2. The molecule has 0 saturated carbocycles. The van der Waals surface area contributed by atoms with Crippen LogP contribution in [0.5, 0.6) is 5.75 Å². The number of anilines is 1. The Labute approximate surface area is 187 Å². The number of alkyl halides is 2. The summed E-state index contributed by atoms with van der Waals surface area (Å²) in [6, 6.07) is 11.7. The highest BCUT2D eigenvalue weighted by molar-refractivity contribution is 6.24. The van der Waals surface area contributed by atoms with Gasteiger partial charge in [0.2, 0.25) is 5.95 Å². The largest absolute Gasteiger partial charge is 0.434 e. The number of carbonyl (C=O) groups is 1. The van der Waals surface area contributed by atoms with Gasteiger partial charge >= 0.3 is 6.61 Å². The minimum atomic E-state index is -3.08. The molecule has 0 bridgehead atoms. The topological polar surface area (TPSA) is 102 Å². The second kappa shape index (κ2) is 10.5. The van der Waals surface area contributed by atoms with Gasteiger partial charge in [0.15, 0.2) is 0 Å². The second-order valence-electron chi connectivity index (χ2n) is 6.39. The number of amides is 1. The van der Waals surface area contributed by atoms with Crippen LogP contribution >= 0.6 is 11.8 Å². The summed E-state index contributed by atoms with van der Waals surface area (Å²) in [5.74, 6) is 4.56. The van der Waals surface area contributed by atoms with E-state index in [0.29, 0.717) is 11.1 Å². The average molecular weight is 459 g/mol. The lowest BCUT2D eigenvalue weighted by molar-refractivity contribution is -0.0500. The smallest absolute Gasteiger partial charge is 0.387 e. The number of nitrogen functional groups attached to an aromatic ring is 1. The molecule has 0 radical (unpaired) electrons. The highest BCUT2D eigenvalue weighted by Crippen LogP contribution is 2.27. The molecule has 1 atom stereocenters. The van der Waals surface area contributed by atoms with Crippen molar-refractivity contribution in [1.29, 1.82) is 0 Å². The Morgan fingerprint density at radius 3 is 2.47 bits per heavy atom. The van der Waals surface area contributed by atoms with Crippen LogP contribution in [0.1, 0.15) is 33.1 Å². The second-order valence-corrected chi connectivity index (χ2v) is 6.76. The number of carbonyl (C=O) groups excluding carboxylic acids is 1. The van der Waals surface area contributed by atoms with Gasteiger partial charge in [-0.25, -0.2) is 14.4 Å². The Kier molecular flexibility index (Phi) is 7.54. The van der Waals surface area contributed by atoms with Gasteiger partial charge < -0.3 is 15.6 Å². The maximum atomic E-state index is 12.9. The molecule has 2 aromatic carbocycles. The maximum absolute atomic E-state index is 12.9. The van der Waals surface area contributed by atoms with Crippen molar-refractivity contribution < 1.29 is 23.4 Å². The summed E-state index contributed by atoms with van der Waals surface area (Å²) in [6.45, 7) is -3.51. The van der Waals surface area contributed by atoms with E-state index in [9.17, 15) is 18.7 Å². The summed E-state index contributed by atoms with van der Waals surface area (Å²) < 4.78 is 31.0. The minimum Gasteiger partial charge on any atom is -0.434 e. The van der Waals surface area contributed by atoms with Gasteiger partial charge in [0.25, 0.3) is 5.91 Å². The first kappa shape index (κ1) is 22.9. The van der Waals surface area contributed by atoms with Crippen LogP contribution in [0.2, 0.25) is 0 Å². The number of hydrogen-bond donors (Lipinski definition) is 2. The van der Waals surface area contributed by atoms with Crippen molar-refractivity contribution in [2.75, 3.05) is 12.3 Å². The Bertz CT molecular complexity index is 1140. The van der Waals surface area contributed by atoms with Crippen LogP contribution in [-0.2, 0) is 0 Å². The number of hydrogen-bond acceptors (Lipinski definition) is 6. The predicted molar refractivity (Wildman–Crippen MR) is 114 cm³/mol. The number of rotatable bonds is 6. The fourth-order valence-electron chi connectivity index (χ4n) is 2.75. The van der Waals surface area contributed by atoms with E-state index in [1.165, 1.54) is 30.6 Å². The minimum absolute atomic E-state index is 0.0262. The molecule has 0 spiro atoms. The summed E-state index contributed by atoms with van der Waals surface area (Å²) in [7, 11) is 0. The molecule has 10 heteroatoms. The average Bonchev–Trinajstić information content (AvgIpc) is 2.79. The van der Waals surface area contributed by atoms with Crippen LogP contribution in [0.3, 0.4) is 0 Å². The summed E-state index contributed by atoms with van der Waals surface area (Å²) in [6.07, 6.45) is 2.73. The Morgan fingerprint density at radius 1 is 1.16 bits per heavy atom. The monoisotopic (exact) mass is 458 g/mol. The standard InChI is InChI=1S/C22H17ClF2N4O3/c23-29(18(13-30)15-4-2-1-3-5-15)20(31)17-8-9-19(32-21(24)25)16(10-17)7-6-14-11-27-22(26)28-12-14/h1-5,8-12,18,21,30H,13H2,(H2,26,27,28)/t18-/m1/s1. The number of aliphatic hydroxyl groups is 1. The van der Waals surface area contributed by atoms with Gasteiger partial charge in [0.05, 0.1) is 23.8 Å². The van der Waals surface area contributed by atoms with E-state index in [-0.39, 0.29) is 22.8 Å². The van der Waals surface area contributed by atoms with Crippen LogP contribution in [-0.4, -0.2) is 38.6 Å². The molecular formula is C22H17ClF2N4O3. The summed E-state index contributed by atoms with van der Waals surface area (Å²) in [4.78, 5) is 20.5. The highest BCUT2D eigenvalue weighted by Gasteiger charge is 2.25. The van der Waals surface area contributed by atoms with Gasteiger partial charge in [-0.1, -0.05) is 42.2 Å². The van der Waals surface area contributed by atoms with Gasteiger partial charge in [-0.15, -0.1) is 0 Å². The molecule has 0 fully saturated rings. The van der Waals surface area contributed by atoms with Crippen molar-refractivity contribution in [3.8, 4) is 17.6 Å². The molecule has 7 nitrogen and oxygen atoms in total. The van der Waals surface area contributed by atoms with E-state index in [1.807, 2.05) is 0 Å². The van der Waals surface area contributed by atoms with Crippen molar-refractivity contribution >= 4 is 23.6 Å². The number of nitrogens with zero attached hydrogens (tertiary/aromatic N) is 3. The molecule has 3 aromatic rings. The molecule has 3 N–H and O–H groups in total. The molecule has 0 aliphatic carbocycles. The Balaban J connectivity index is 1.94. The first-order valence-electron chi connectivity index (χ1n) is 9.22. The van der Waals surface area contributed by atoms with E-state index in [2.05, 4.69) is 26.5 Å². The zero-order valence-electron chi connectivity index (χ0n) is 16.5. The van der Waals surface area contributed by atoms with Gasteiger partial charge in [0, 0.05) is 29.7 Å². The van der Waals surface area contributed by atoms with Crippen LogP contribution in [0.15, 0.2) is 60.9 Å². The molecule has 0 unspecified atom stereocenters. The number of aliphatic hydroxyl groups excluding tert-OH is 1. The van der Waals surface area contributed by atoms with E-state index in [4.69, 9.17) is 17.5 Å². The molecule has 0 aliphatic rings. The fourth-order valence-corrected chi connectivity index (χ4v) is 3.02. The number of aromatic nitrogens is 2. The summed E-state index contributed by atoms with van der Waals surface area (Å²) in [5.41, 5.74) is 6.52. The van der Waals surface area contributed by atoms with Crippen LogP contribution < -0.4 is 10.5 Å². The molecular weight excluding hydrogens is 442 g/mol. The molecule has 1 amide bonds. The van der Waals surface area contributed by atoms with Gasteiger partial charge in [-0.3, -0.25) is 4.79 Å². The van der Waals surface area contributed by atoms with Crippen molar-refractivity contribution in [3.63, 3.8) is 0 Å². The van der Waals surface area contributed by atoms with Crippen molar-refractivity contribution in [2.24, 2.45) is 0 Å². The molecule has 32 heavy (non-hydrogen) atoms. The third-order valence-corrected chi connectivity index (χ3v) is 4.67. The highest BCUT2D eigenvalue weighted by atomic mass is 35.5. The van der Waals surface area contributed by atoms with Gasteiger partial charge in [0.1, 0.15) is 5.75 Å². The Morgan fingerprint density at radius 2 is 1.84 bits per heavy atom. The van der Waals surface area contributed by atoms with Crippen LogP contribution in [0.25, 0.3) is 0 Å². The molecule has 3 rings (SSSR count).